The van der Waals surface area contributed by atoms with E-state index in [4.69, 9.17) is 4.74 Å². The Morgan fingerprint density at radius 3 is 2.50 bits per heavy atom. The molecule has 1 heterocycles. The lowest BCUT2D eigenvalue weighted by atomic mass is 9.95. The maximum Gasteiger partial charge on any atom is 0.253 e. The highest BCUT2D eigenvalue weighted by molar-refractivity contribution is 6.02. The van der Waals surface area contributed by atoms with Gasteiger partial charge in [0.1, 0.15) is 0 Å². The van der Waals surface area contributed by atoms with E-state index in [0.717, 1.165) is 43.6 Å². The van der Waals surface area contributed by atoms with Gasteiger partial charge in [-0.25, -0.2) is 0 Å². The second-order valence-corrected chi connectivity index (χ2v) is 9.07. The Morgan fingerprint density at radius 2 is 1.82 bits per heavy atom. The van der Waals surface area contributed by atoms with Crippen molar-refractivity contribution in [2.45, 2.75) is 52.4 Å². The summed E-state index contributed by atoms with van der Waals surface area (Å²) < 4.78 is 5.38. The first-order chi connectivity index (χ1) is 16.5. The summed E-state index contributed by atoms with van der Waals surface area (Å²) in [5, 5.41) is 6.08. The third-order valence-corrected chi connectivity index (χ3v) is 6.51. The molecule has 1 aliphatic rings. The Morgan fingerprint density at radius 1 is 1.09 bits per heavy atom. The highest BCUT2D eigenvalue weighted by Crippen LogP contribution is 2.29. The van der Waals surface area contributed by atoms with E-state index in [9.17, 15) is 9.59 Å². The van der Waals surface area contributed by atoms with Crippen molar-refractivity contribution in [1.29, 1.82) is 0 Å². The maximum atomic E-state index is 13.2. The molecule has 3 rings (SSSR count). The van der Waals surface area contributed by atoms with E-state index in [0.29, 0.717) is 43.3 Å². The van der Waals surface area contributed by atoms with Crippen LogP contribution in [0.15, 0.2) is 48.5 Å². The van der Waals surface area contributed by atoms with Crippen LogP contribution in [0.1, 0.15) is 68.3 Å². The number of hydrogen-bond donors (Lipinski definition) is 2. The first-order valence-electron chi connectivity index (χ1n) is 12.6. The van der Waals surface area contributed by atoms with E-state index >= 15 is 0 Å². The minimum Gasteiger partial charge on any atom is -0.382 e. The molecule has 1 saturated heterocycles. The van der Waals surface area contributed by atoms with Crippen molar-refractivity contribution in [2.24, 2.45) is 5.92 Å². The van der Waals surface area contributed by atoms with Crippen LogP contribution in [0.2, 0.25) is 0 Å². The highest BCUT2D eigenvalue weighted by Gasteiger charge is 2.23. The Balaban J connectivity index is 1.78. The number of hydrogen-bond acceptors (Lipinski definition) is 4. The Bertz CT molecular complexity index is 924. The predicted molar refractivity (Wildman–Crippen MR) is 139 cm³/mol. The van der Waals surface area contributed by atoms with Gasteiger partial charge in [-0.15, -0.1) is 0 Å². The molecule has 0 radical (unpaired) electrons. The first-order valence-corrected chi connectivity index (χ1v) is 12.6. The second-order valence-electron chi connectivity index (χ2n) is 9.07. The summed E-state index contributed by atoms with van der Waals surface area (Å²) in [7, 11) is 0. The van der Waals surface area contributed by atoms with Crippen LogP contribution in [-0.2, 0) is 9.53 Å². The number of amides is 2. The van der Waals surface area contributed by atoms with Gasteiger partial charge in [-0.05, 0) is 62.3 Å². The average molecular weight is 466 g/mol. The van der Waals surface area contributed by atoms with Gasteiger partial charge >= 0.3 is 0 Å². The molecule has 0 aromatic heterocycles. The third kappa shape index (κ3) is 7.07. The van der Waals surface area contributed by atoms with Crippen molar-refractivity contribution in [2.75, 3.05) is 43.1 Å². The number of carbonyl (C=O) groups excluding carboxylic acids is 2. The van der Waals surface area contributed by atoms with Crippen LogP contribution in [0.4, 0.5) is 11.4 Å². The van der Waals surface area contributed by atoms with E-state index in [1.807, 2.05) is 62.4 Å². The minimum absolute atomic E-state index is 0.0590. The number of rotatable bonds is 11. The molecule has 184 valence electrons. The molecular weight excluding hydrogens is 426 g/mol. The number of nitrogens with zero attached hydrogens (tertiary/aromatic N) is 1. The van der Waals surface area contributed by atoms with Gasteiger partial charge in [-0.3, -0.25) is 9.59 Å². The van der Waals surface area contributed by atoms with Gasteiger partial charge < -0.3 is 20.3 Å². The SMILES string of the molecule is CCOCCCNC(=O)c1cc(NC(=O)C(CC)c2ccccc2)ccc1N1CCC(C)CC1. The zero-order valence-electron chi connectivity index (χ0n) is 20.8. The second kappa shape index (κ2) is 13.1. The van der Waals surface area contributed by atoms with Crippen molar-refractivity contribution in [1.82, 2.24) is 5.32 Å². The largest absolute Gasteiger partial charge is 0.382 e. The van der Waals surface area contributed by atoms with Gasteiger partial charge in [0.2, 0.25) is 5.91 Å². The Labute approximate surface area is 204 Å². The molecule has 0 aliphatic carbocycles. The molecule has 6 heteroatoms. The van der Waals surface area contributed by atoms with Crippen LogP contribution < -0.4 is 15.5 Å². The number of piperidine rings is 1. The Kier molecular flexibility index (Phi) is 9.95. The standard InChI is InChI=1S/C28H39N3O3/c1-4-24(22-10-7-6-8-11-22)28(33)30-23-12-13-26(31-17-14-21(3)15-18-31)25(20-23)27(32)29-16-9-19-34-5-2/h6-8,10-13,20-21,24H,4-5,9,14-19H2,1-3H3,(H,29,32)(H,30,33). The molecule has 1 fully saturated rings. The lowest BCUT2D eigenvalue weighted by Gasteiger charge is -2.33. The Hall–Kier alpha value is -2.86. The molecule has 0 bridgehead atoms. The first kappa shape index (κ1) is 25.8. The molecule has 2 aromatic rings. The van der Waals surface area contributed by atoms with Crippen molar-refractivity contribution < 1.29 is 14.3 Å². The quantitative estimate of drug-likeness (QED) is 0.447. The molecule has 2 N–H and O–H groups in total. The van der Waals surface area contributed by atoms with Crippen molar-refractivity contribution in [3.05, 3.63) is 59.7 Å². The number of carbonyl (C=O) groups is 2. The van der Waals surface area contributed by atoms with Gasteiger partial charge in [-0.1, -0.05) is 44.2 Å². The molecule has 34 heavy (non-hydrogen) atoms. The van der Waals surface area contributed by atoms with Crippen LogP contribution >= 0.6 is 0 Å². The van der Waals surface area contributed by atoms with Gasteiger partial charge in [0.05, 0.1) is 11.5 Å². The van der Waals surface area contributed by atoms with Crippen LogP contribution in [0.5, 0.6) is 0 Å². The average Bonchev–Trinajstić information content (AvgIpc) is 2.85. The monoisotopic (exact) mass is 465 g/mol. The van der Waals surface area contributed by atoms with Crippen LogP contribution in [-0.4, -0.2) is 44.7 Å². The molecule has 2 aromatic carbocycles. The molecule has 1 atom stereocenters. The van der Waals surface area contributed by atoms with Gasteiger partial charge in [0.15, 0.2) is 0 Å². The fourth-order valence-electron chi connectivity index (χ4n) is 4.42. The number of anilines is 2. The van der Waals surface area contributed by atoms with E-state index < -0.39 is 0 Å². The van der Waals surface area contributed by atoms with E-state index in [1.165, 1.54) is 0 Å². The number of ether oxygens (including phenoxy) is 1. The van der Waals surface area contributed by atoms with Crippen LogP contribution in [0.25, 0.3) is 0 Å². The molecule has 1 unspecified atom stereocenters. The summed E-state index contributed by atoms with van der Waals surface area (Å²) in [4.78, 5) is 28.5. The lowest BCUT2D eigenvalue weighted by Crippen LogP contribution is -2.35. The summed E-state index contributed by atoms with van der Waals surface area (Å²) in [6.07, 6.45) is 3.70. The summed E-state index contributed by atoms with van der Waals surface area (Å²) in [6.45, 7) is 9.98. The number of benzene rings is 2. The highest BCUT2D eigenvalue weighted by atomic mass is 16.5. The fraction of sp³-hybridized carbons (Fsp3) is 0.500. The predicted octanol–water partition coefficient (Wildman–Crippen LogP) is 5.21. The van der Waals surface area contributed by atoms with E-state index in [1.54, 1.807) is 0 Å². The van der Waals surface area contributed by atoms with Crippen LogP contribution in [0, 0.1) is 5.92 Å². The molecule has 1 aliphatic heterocycles. The van der Waals surface area contributed by atoms with Gasteiger partial charge in [0, 0.05) is 44.2 Å². The van der Waals surface area contributed by atoms with E-state index in [2.05, 4.69) is 22.5 Å². The van der Waals surface area contributed by atoms with Crippen molar-refractivity contribution in [3.8, 4) is 0 Å². The smallest absolute Gasteiger partial charge is 0.253 e. The minimum atomic E-state index is -0.236. The van der Waals surface area contributed by atoms with Crippen LogP contribution in [0.3, 0.4) is 0 Å². The van der Waals surface area contributed by atoms with Gasteiger partial charge in [0.25, 0.3) is 5.91 Å². The third-order valence-electron chi connectivity index (χ3n) is 6.51. The normalized spacial score (nSPS) is 15.1. The fourth-order valence-corrected chi connectivity index (χ4v) is 4.42. The van der Waals surface area contributed by atoms with Crippen molar-refractivity contribution in [3.63, 3.8) is 0 Å². The number of nitrogens with one attached hydrogen (secondary N) is 2. The molecule has 6 nitrogen and oxygen atoms in total. The molecule has 0 spiro atoms. The van der Waals surface area contributed by atoms with E-state index in [-0.39, 0.29) is 17.7 Å². The summed E-state index contributed by atoms with van der Waals surface area (Å²) >= 11 is 0. The summed E-state index contributed by atoms with van der Waals surface area (Å²) in [5.74, 6) is 0.294. The summed E-state index contributed by atoms with van der Waals surface area (Å²) in [6, 6.07) is 15.5. The lowest BCUT2D eigenvalue weighted by molar-refractivity contribution is -0.117. The van der Waals surface area contributed by atoms with Gasteiger partial charge in [-0.2, -0.15) is 0 Å². The molecule has 0 saturated carbocycles. The molecular formula is C28H39N3O3. The van der Waals surface area contributed by atoms with Crippen molar-refractivity contribution >= 4 is 23.2 Å². The zero-order valence-corrected chi connectivity index (χ0v) is 20.8. The summed E-state index contributed by atoms with van der Waals surface area (Å²) in [5.41, 5.74) is 3.18. The molecule has 2 amide bonds. The zero-order chi connectivity index (χ0) is 24.3. The topological polar surface area (TPSA) is 70.7 Å². The maximum absolute atomic E-state index is 13.2.